The van der Waals surface area contributed by atoms with Gasteiger partial charge >= 0.3 is 0 Å². The van der Waals surface area contributed by atoms with Crippen LogP contribution in [0.3, 0.4) is 0 Å². The van der Waals surface area contributed by atoms with Crippen molar-refractivity contribution in [1.82, 2.24) is 0 Å². The van der Waals surface area contributed by atoms with E-state index < -0.39 is 5.41 Å². The zero-order chi connectivity index (χ0) is 50.9. The summed E-state index contributed by atoms with van der Waals surface area (Å²) in [6.45, 7) is 0. The SMILES string of the molecule is c1ccc(-c2ccc(N(c3ccc(-c4ccccc4)cc3)c3cccc(N(c4ccc(-c5ccccc5)cc4)c4ccc5c(c4)C4(c6ccccc6-5)c5ccccc5-c5c4ccc4cc6ccccc6cc54)c3)cc2)cc1. The standard InChI is InChI=1S/C75H50N2/c1-4-17-51(18-5-1)54-31-38-60(39-32-54)76(61-40-33-55(34-41-61)52-19-6-2-7-20-52)63-25-16-26-64(49-63)77(62-42-35-56(36-43-62)53-21-8-3-9-22-53)65-44-45-67-66-27-12-14-29-70(66)75(73(67)50-65)71-30-15-13-28-68(71)74-69-48-58-24-11-10-23-57(58)47-59(69)37-46-72(74)75/h1-50H. The van der Waals surface area contributed by atoms with Gasteiger partial charge in [-0.1, -0.05) is 224 Å². The maximum atomic E-state index is 2.51. The number of benzene rings is 13. The van der Waals surface area contributed by atoms with Gasteiger partial charge in [0.1, 0.15) is 0 Å². The van der Waals surface area contributed by atoms with Gasteiger partial charge in [0.05, 0.1) is 5.41 Å². The van der Waals surface area contributed by atoms with Crippen LogP contribution < -0.4 is 9.80 Å². The average molecular weight is 979 g/mol. The molecule has 0 bridgehead atoms. The highest BCUT2D eigenvalue weighted by atomic mass is 15.2. The Kier molecular flexibility index (Phi) is 10.5. The third-order valence-corrected chi connectivity index (χ3v) is 16.2. The Balaban J connectivity index is 0.927. The summed E-state index contributed by atoms with van der Waals surface area (Å²) in [6, 6.07) is 112. The van der Waals surface area contributed by atoms with Gasteiger partial charge in [0.25, 0.3) is 0 Å². The number of hydrogen-bond donors (Lipinski definition) is 0. The first kappa shape index (κ1) is 44.5. The first-order valence-corrected chi connectivity index (χ1v) is 26.6. The molecule has 1 spiro atoms. The van der Waals surface area contributed by atoms with Gasteiger partial charge in [0.2, 0.25) is 0 Å². The van der Waals surface area contributed by atoms with E-state index in [1.807, 2.05) is 0 Å². The Morgan fingerprint density at radius 3 is 1.16 bits per heavy atom. The number of fused-ring (bicyclic) bond motifs is 13. The van der Waals surface area contributed by atoms with Crippen LogP contribution in [0.25, 0.3) is 77.2 Å². The van der Waals surface area contributed by atoms with Gasteiger partial charge in [-0.3, -0.25) is 0 Å². The van der Waals surface area contributed by atoms with E-state index in [1.54, 1.807) is 0 Å². The Labute approximate surface area is 449 Å². The quantitative estimate of drug-likeness (QED) is 0.133. The van der Waals surface area contributed by atoms with Crippen molar-refractivity contribution in [3.05, 3.63) is 326 Å². The zero-order valence-corrected chi connectivity index (χ0v) is 42.3. The predicted octanol–water partition coefficient (Wildman–Crippen LogP) is 20.3. The molecular weight excluding hydrogens is 929 g/mol. The highest BCUT2D eigenvalue weighted by Crippen LogP contribution is 2.64. The molecule has 77 heavy (non-hydrogen) atoms. The van der Waals surface area contributed by atoms with Gasteiger partial charge in [-0.2, -0.15) is 0 Å². The molecule has 1 unspecified atom stereocenters. The fourth-order valence-corrected chi connectivity index (χ4v) is 12.7. The molecule has 0 fully saturated rings. The zero-order valence-electron chi connectivity index (χ0n) is 42.3. The number of nitrogens with zero attached hydrogens (tertiary/aromatic N) is 2. The van der Waals surface area contributed by atoms with Crippen LogP contribution in [0.5, 0.6) is 0 Å². The minimum absolute atomic E-state index is 0.549. The van der Waals surface area contributed by atoms with Crippen molar-refractivity contribution >= 4 is 55.7 Å². The molecule has 0 radical (unpaired) electrons. The average Bonchev–Trinajstić information content (AvgIpc) is 3.26. The normalized spacial score (nSPS) is 13.8. The molecule has 0 saturated carbocycles. The van der Waals surface area contributed by atoms with E-state index >= 15 is 0 Å². The second-order valence-corrected chi connectivity index (χ2v) is 20.4. The lowest BCUT2D eigenvalue weighted by Gasteiger charge is -2.33. The van der Waals surface area contributed by atoms with E-state index in [1.165, 1.54) is 99.4 Å². The van der Waals surface area contributed by atoms with E-state index in [0.29, 0.717) is 0 Å². The third kappa shape index (κ3) is 7.25. The van der Waals surface area contributed by atoms with Gasteiger partial charge < -0.3 is 9.80 Å². The van der Waals surface area contributed by atoms with Crippen LogP contribution in [0.4, 0.5) is 34.1 Å². The molecular formula is C75H50N2. The van der Waals surface area contributed by atoms with E-state index in [0.717, 1.165) is 34.1 Å². The van der Waals surface area contributed by atoms with Gasteiger partial charge in [-0.15, -0.1) is 0 Å². The highest BCUT2D eigenvalue weighted by Gasteiger charge is 2.52. The fraction of sp³-hybridized carbons (Fsp3) is 0.0133. The molecule has 0 aliphatic heterocycles. The lowest BCUT2D eigenvalue weighted by Crippen LogP contribution is -2.26. The lowest BCUT2D eigenvalue weighted by molar-refractivity contribution is 0.794. The molecule has 0 amide bonds. The summed E-state index contributed by atoms with van der Waals surface area (Å²) in [4.78, 5) is 4.84. The predicted molar refractivity (Wildman–Crippen MR) is 323 cm³/mol. The molecule has 0 N–H and O–H groups in total. The van der Waals surface area contributed by atoms with Gasteiger partial charge in [0, 0.05) is 34.1 Å². The van der Waals surface area contributed by atoms with Crippen molar-refractivity contribution in [2.75, 3.05) is 9.80 Å². The van der Waals surface area contributed by atoms with Crippen molar-refractivity contribution in [1.29, 1.82) is 0 Å². The topological polar surface area (TPSA) is 6.48 Å². The molecule has 13 aromatic carbocycles. The Morgan fingerprint density at radius 2 is 0.610 bits per heavy atom. The third-order valence-electron chi connectivity index (χ3n) is 16.2. The van der Waals surface area contributed by atoms with Gasteiger partial charge in [-0.25, -0.2) is 0 Å². The number of hydrogen-bond acceptors (Lipinski definition) is 2. The van der Waals surface area contributed by atoms with Crippen LogP contribution in [-0.4, -0.2) is 0 Å². The molecule has 2 heteroatoms. The smallest absolute Gasteiger partial charge is 0.0726 e. The van der Waals surface area contributed by atoms with E-state index in [-0.39, 0.29) is 0 Å². The molecule has 0 aromatic heterocycles. The summed E-state index contributed by atoms with van der Waals surface area (Å²) < 4.78 is 0. The largest absolute Gasteiger partial charge is 0.310 e. The molecule has 2 aliphatic rings. The Hall–Kier alpha value is -10.0. The van der Waals surface area contributed by atoms with Crippen LogP contribution in [0.2, 0.25) is 0 Å². The van der Waals surface area contributed by atoms with Crippen molar-refractivity contribution in [3.8, 4) is 55.6 Å². The molecule has 0 heterocycles. The number of anilines is 6. The summed E-state index contributed by atoms with van der Waals surface area (Å²) in [7, 11) is 0. The summed E-state index contributed by atoms with van der Waals surface area (Å²) in [5.74, 6) is 0. The van der Waals surface area contributed by atoms with E-state index in [9.17, 15) is 0 Å². The first-order valence-electron chi connectivity index (χ1n) is 26.6. The minimum atomic E-state index is -0.549. The molecule has 1 atom stereocenters. The molecule has 15 rings (SSSR count). The Morgan fingerprint density at radius 1 is 0.208 bits per heavy atom. The molecule has 0 saturated heterocycles. The molecule has 13 aromatic rings. The minimum Gasteiger partial charge on any atom is -0.310 e. The van der Waals surface area contributed by atoms with Crippen LogP contribution in [0.15, 0.2) is 303 Å². The van der Waals surface area contributed by atoms with Gasteiger partial charge in [-0.05, 0) is 178 Å². The second kappa shape index (κ2) is 18.1. The molecule has 2 nitrogen and oxygen atoms in total. The monoisotopic (exact) mass is 978 g/mol. The van der Waals surface area contributed by atoms with Crippen LogP contribution in [0, 0.1) is 0 Å². The maximum absolute atomic E-state index is 2.51. The maximum Gasteiger partial charge on any atom is 0.0726 e. The second-order valence-electron chi connectivity index (χ2n) is 20.4. The van der Waals surface area contributed by atoms with Gasteiger partial charge in [0.15, 0.2) is 0 Å². The van der Waals surface area contributed by atoms with E-state index in [4.69, 9.17) is 0 Å². The number of rotatable bonds is 9. The molecule has 360 valence electrons. The van der Waals surface area contributed by atoms with Crippen molar-refractivity contribution in [2.24, 2.45) is 0 Å². The summed E-state index contributed by atoms with van der Waals surface area (Å²) in [5.41, 5.74) is 23.4. The van der Waals surface area contributed by atoms with Crippen LogP contribution >= 0.6 is 0 Å². The van der Waals surface area contributed by atoms with Crippen LogP contribution in [-0.2, 0) is 5.41 Å². The van der Waals surface area contributed by atoms with Crippen molar-refractivity contribution in [3.63, 3.8) is 0 Å². The highest BCUT2D eigenvalue weighted by molar-refractivity contribution is 6.10. The summed E-state index contributed by atoms with van der Waals surface area (Å²) in [5, 5.41) is 5.06. The first-order chi connectivity index (χ1) is 38.2. The van der Waals surface area contributed by atoms with Crippen molar-refractivity contribution < 1.29 is 0 Å². The van der Waals surface area contributed by atoms with E-state index in [2.05, 4.69) is 313 Å². The summed E-state index contributed by atoms with van der Waals surface area (Å²) in [6.07, 6.45) is 0. The lowest BCUT2D eigenvalue weighted by atomic mass is 9.70. The molecule has 2 aliphatic carbocycles. The van der Waals surface area contributed by atoms with Crippen LogP contribution in [0.1, 0.15) is 22.3 Å². The van der Waals surface area contributed by atoms with Crippen molar-refractivity contribution in [2.45, 2.75) is 5.41 Å². The fourth-order valence-electron chi connectivity index (χ4n) is 12.7. The Bertz CT molecular complexity index is 4270. The summed E-state index contributed by atoms with van der Waals surface area (Å²) >= 11 is 0.